The number of nitrogens with zero attached hydrogens (tertiary/aromatic N) is 6. The Bertz CT molecular complexity index is 8140. The van der Waals surface area contributed by atoms with E-state index in [0.29, 0.717) is 11.6 Å². The first-order valence-corrected chi connectivity index (χ1v) is 45.1. The first kappa shape index (κ1) is 78.2. The number of rotatable bonds is 15. The number of hydrogen-bond acceptors (Lipinski definition) is 6. The maximum absolute atomic E-state index is 5.42. The van der Waals surface area contributed by atoms with Crippen LogP contribution < -0.4 is 0 Å². The van der Waals surface area contributed by atoms with E-state index in [1.54, 1.807) is 0 Å². The predicted octanol–water partition coefficient (Wildman–Crippen LogP) is 31.4. The van der Waals surface area contributed by atoms with E-state index in [4.69, 9.17) is 29.9 Å². The molecule has 0 spiro atoms. The summed E-state index contributed by atoms with van der Waals surface area (Å²) in [7, 11) is 0. The Balaban J connectivity index is 0.000000146. The van der Waals surface area contributed by atoms with Gasteiger partial charge in [-0.25, -0.2) is 29.9 Å². The number of pyridine rings is 2. The first-order valence-electron chi connectivity index (χ1n) is 45.1. The smallest absolute Gasteiger partial charge is 0.160 e. The van der Waals surface area contributed by atoms with Crippen molar-refractivity contribution < 1.29 is 0 Å². The number of hydrogen-bond donors (Lipinski definition) is 0. The molecule has 0 amide bonds. The summed E-state index contributed by atoms with van der Waals surface area (Å²) in [5, 5.41) is 6.99. The van der Waals surface area contributed by atoms with Crippen molar-refractivity contribution in [1.29, 1.82) is 0 Å². The molecule has 132 heavy (non-hydrogen) atoms. The lowest BCUT2D eigenvalue weighted by Gasteiger charge is -2.34. The highest BCUT2D eigenvalue weighted by Crippen LogP contribution is 2.60. The van der Waals surface area contributed by atoms with Gasteiger partial charge in [0.2, 0.25) is 0 Å². The Morgan fingerprint density at radius 1 is 0.136 bits per heavy atom. The average Bonchev–Trinajstić information content (AvgIpc) is 1.53. The van der Waals surface area contributed by atoms with E-state index < -0.39 is 10.8 Å². The number of fused-ring (bicyclic) bond motifs is 12. The molecule has 6 heteroatoms. The van der Waals surface area contributed by atoms with Crippen LogP contribution in [0.4, 0.5) is 0 Å². The van der Waals surface area contributed by atoms with E-state index in [-0.39, 0.29) is 0 Å². The minimum atomic E-state index is -0.487. The largest absolute Gasteiger partial charge is 0.247 e. The highest BCUT2D eigenvalue weighted by atomic mass is 14.9. The molecular weight excluding hydrogens is 1600 g/mol. The van der Waals surface area contributed by atoms with Crippen LogP contribution in [0.3, 0.4) is 0 Å². The van der Waals surface area contributed by atoms with Crippen molar-refractivity contribution >= 4 is 43.4 Å². The van der Waals surface area contributed by atoms with Crippen molar-refractivity contribution in [2.75, 3.05) is 0 Å². The van der Waals surface area contributed by atoms with Crippen molar-refractivity contribution in [1.82, 2.24) is 29.9 Å². The lowest BCUT2D eigenvalue weighted by Crippen LogP contribution is -2.28. The Kier molecular flexibility index (Phi) is 19.6. The molecular formula is C126H82N6. The molecule has 2 aliphatic carbocycles. The van der Waals surface area contributed by atoms with Crippen molar-refractivity contribution in [3.63, 3.8) is 0 Å². The van der Waals surface area contributed by atoms with E-state index in [2.05, 4.69) is 437 Å². The monoisotopic (exact) mass is 1680 g/mol. The van der Waals surface area contributed by atoms with Gasteiger partial charge in [-0.1, -0.05) is 449 Å². The fourth-order valence-corrected chi connectivity index (χ4v) is 20.5. The molecule has 0 atom stereocenters. The molecule has 2 aliphatic rings. The summed E-state index contributed by atoms with van der Waals surface area (Å²) in [6.07, 6.45) is 0. The third kappa shape index (κ3) is 13.7. The molecule has 616 valence electrons. The minimum absolute atomic E-state index is 0.480. The lowest BCUT2D eigenvalue weighted by molar-refractivity contribution is 0.769. The van der Waals surface area contributed by atoms with Gasteiger partial charge in [0.15, 0.2) is 11.6 Å². The second kappa shape index (κ2) is 33.1. The van der Waals surface area contributed by atoms with E-state index in [9.17, 15) is 0 Å². The zero-order chi connectivity index (χ0) is 87.5. The summed E-state index contributed by atoms with van der Waals surface area (Å²) in [4.78, 5) is 31.0. The van der Waals surface area contributed by atoms with Crippen LogP contribution in [0.5, 0.6) is 0 Å². The Morgan fingerprint density at radius 2 is 0.371 bits per heavy atom. The Hall–Kier alpha value is -17.3. The van der Waals surface area contributed by atoms with E-state index in [1.807, 2.05) is 60.7 Å². The summed E-state index contributed by atoms with van der Waals surface area (Å²) in [5.41, 5.74) is 36.9. The maximum Gasteiger partial charge on any atom is 0.160 e. The van der Waals surface area contributed by atoms with Gasteiger partial charge >= 0.3 is 0 Å². The van der Waals surface area contributed by atoms with Crippen molar-refractivity contribution in [3.05, 3.63) is 542 Å². The number of aromatic nitrogens is 6. The second-order valence-corrected chi connectivity index (χ2v) is 34.2. The van der Waals surface area contributed by atoms with E-state index >= 15 is 0 Å². The molecule has 4 heterocycles. The summed E-state index contributed by atoms with van der Waals surface area (Å²) < 4.78 is 0. The molecule has 0 saturated carbocycles. The fraction of sp³-hybridized carbons (Fsp3) is 0.0159. The van der Waals surface area contributed by atoms with Gasteiger partial charge in [0, 0.05) is 66.1 Å². The molecule has 0 saturated heterocycles. The van der Waals surface area contributed by atoms with Gasteiger partial charge in [0.05, 0.1) is 56.0 Å². The quantitative estimate of drug-likeness (QED) is 0.0952. The molecule has 19 aromatic carbocycles. The molecule has 0 bridgehead atoms. The zero-order valence-electron chi connectivity index (χ0n) is 72.0. The van der Waals surface area contributed by atoms with Gasteiger partial charge in [0.1, 0.15) is 0 Å². The molecule has 23 aromatic rings. The number of benzene rings is 19. The molecule has 0 N–H and O–H groups in total. The summed E-state index contributed by atoms with van der Waals surface area (Å²) in [6, 6.07) is 178. The molecule has 6 nitrogen and oxygen atoms in total. The summed E-state index contributed by atoms with van der Waals surface area (Å²) >= 11 is 0. The average molecular weight is 1680 g/mol. The van der Waals surface area contributed by atoms with E-state index in [0.717, 1.165) is 134 Å². The van der Waals surface area contributed by atoms with Crippen molar-refractivity contribution in [3.8, 4) is 146 Å². The fourth-order valence-electron chi connectivity index (χ4n) is 20.5. The molecule has 0 unspecified atom stereocenters. The van der Waals surface area contributed by atoms with Crippen LogP contribution in [0, 0.1) is 0 Å². The Morgan fingerprint density at radius 3 is 0.689 bits per heavy atom. The molecule has 4 aromatic heterocycles. The lowest BCUT2D eigenvalue weighted by atomic mass is 9.67. The van der Waals surface area contributed by atoms with Gasteiger partial charge in [-0.2, -0.15) is 0 Å². The van der Waals surface area contributed by atoms with Crippen LogP contribution in [-0.4, -0.2) is 29.9 Å². The predicted molar refractivity (Wildman–Crippen MR) is 544 cm³/mol. The van der Waals surface area contributed by atoms with E-state index in [1.165, 1.54) is 88.7 Å². The molecule has 25 rings (SSSR count). The third-order valence-electron chi connectivity index (χ3n) is 26.8. The second-order valence-electron chi connectivity index (χ2n) is 34.2. The van der Waals surface area contributed by atoms with Crippen LogP contribution >= 0.6 is 0 Å². The van der Waals surface area contributed by atoms with Gasteiger partial charge in [0.25, 0.3) is 0 Å². The first-order chi connectivity index (χ1) is 65.4. The van der Waals surface area contributed by atoms with Gasteiger partial charge in [-0.3, -0.25) is 0 Å². The highest BCUT2D eigenvalue weighted by molar-refractivity contribution is 6.15. The maximum atomic E-state index is 5.42. The van der Waals surface area contributed by atoms with Crippen LogP contribution in [0.2, 0.25) is 0 Å². The van der Waals surface area contributed by atoms with Gasteiger partial charge < -0.3 is 0 Å². The topological polar surface area (TPSA) is 77.3 Å². The van der Waals surface area contributed by atoms with Crippen LogP contribution in [0.15, 0.2) is 497 Å². The van der Waals surface area contributed by atoms with Crippen molar-refractivity contribution in [2.45, 2.75) is 10.8 Å². The normalized spacial score (nSPS) is 12.5. The van der Waals surface area contributed by atoms with Gasteiger partial charge in [-0.05, 0) is 159 Å². The van der Waals surface area contributed by atoms with Crippen LogP contribution in [0.1, 0.15) is 44.5 Å². The molecule has 0 aliphatic heterocycles. The molecule has 0 radical (unpaired) electrons. The molecule has 0 fully saturated rings. The van der Waals surface area contributed by atoms with Crippen LogP contribution in [0.25, 0.3) is 189 Å². The van der Waals surface area contributed by atoms with Gasteiger partial charge in [-0.15, -0.1) is 0 Å². The summed E-state index contributed by atoms with van der Waals surface area (Å²) in [5.74, 6) is 1.41. The number of para-hydroxylation sites is 2. The highest BCUT2D eigenvalue weighted by Gasteiger charge is 2.48. The standard InChI is InChI=1S/C66H43N3.C60H39N3/c1-5-17-44(18-6-1)45-29-35-48(36-30-45)62-43-63(69-65(68-62)51-19-7-2-8-20-51)49-37-31-46(32-38-49)47-33-39-50(40-34-47)64-58-41-57-54-25-13-15-27-59(54)66(52-21-9-3-10-22-52,53-23-11-4-12-24-53)60(57)42-56(58)55-26-14-16-28-61(55)67-64;1-5-17-42(18-6-1)56-39-57(63-59(62-56)45-19-7-2-8-20-45)43-33-29-40(30-34-43)41-31-35-44(36-32-41)58-52-37-51-48-25-13-15-27-53(48)60(46-21-9-3-10-22-46,47-23-11-4-12-24-47)54(51)38-50(52)49-26-14-16-28-55(49)61-58/h1-43H;1-39H. The van der Waals surface area contributed by atoms with Crippen molar-refractivity contribution in [2.24, 2.45) is 0 Å². The van der Waals surface area contributed by atoms with Crippen LogP contribution in [-0.2, 0) is 10.8 Å². The Labute approximate surface area is 766 Å². The SMILES string of the molecule is c1ccc(-c2cc(-c3ccc(-c4ccc(-c5nc6ccccc6c6cc7c(cc56)-c5ccccc5C7(c5ccccc5)c5ccccc5)cc4)cc3)nc(-c3ccccc3)n2)cc1.c1ccc(-c2ccc(-c3cc(-c4ccc(-c5ccc(-c6nc7ccccc7c7cc8c(cc67)-c6ccccc6C8(c6ccccc6)c6ccccc6)cc5)cc4)nc(-c4ccccc4)n3)cc2)cc1. The minimum Gasteiger partial charge on any atom is -0.247 e. The zero-order valence-corrected chi connectivity index (χ0v) is 72.0. The third-order valence-corrected chi connectivity index (χ3v) is 26.8. The summed E-state index contributed by atoms with van der Waals surface area (Å²) in [6.45, 7) is 0.